The quantitative estimate of drug-likeness (QED) is 0.549. The Bertz CT molecular complexity index is 266. The molecule has 0 spiro atoms. The number of nitrogens with zero attached hydrogens (tertiary/aromatic N) is 3. The summed E-state index contributed by atoms with van der Waals surface area (Å²) in [5.41, 5.74) is 5.08. The Morgan fingerprint density at radius 2 is 1.26 bits per heavy atom. The van der Waals surface area contributed by atoms with E-state index in [4.69, 9.17) is 5.73 Å². The fourth-order valence-corrected chi connectivity index (χ4v) is 1.78. The lowest BCUT2D eigenvalue weighted by molar-refractivity contribution is -0.135. The van der Waals surface area contributed by atoms with Crippen LogP contribution in [0.1, 0.15) is 19.3 Å². The van der Waals surface area contributed by atoms with Gasteiger partial charge in [0.15, 0.2) is 0 Å². The molecule has 0 saturated carbocycles. The minimum Gasteiger partial charge on any atom is -0.369 e. The molecule has 0 aromatic heterocycles. The van der Waals surface area contributed by atoms with Crippen molar-refractivity contribution in [2.75, 3.05) is 54.4 Å². The molecule has 0 unspecified atom stereocenters. The minimum atomic E-state index is -0.560. The molecule has 0 aliphatic carbocycles. The van der Waals surface area contributed by atoms with E-state index < -0.39 is 5.91 Å². The molecule has 0 fully saturated rings. The molecule has 2 amide bonds. The van der Waals surface area contributed by atoms with E-state index in [0.29, 0.717) is 13.1 Å². The summed E-state index contributed by atoms with van der Waals surface area (Å²) < 4.78 is 0. The molecule has 0 atom stereocenters. The van der Waals surface area contributed by atoms with Crippen molar-refractivity contribution in [3.63, 3.8) is 0 Å². The highest BCUT2D eigenvalue weighted by atomic mass is 16.2. The SMILES string of the molecule is CN(C)CCCN(CCCN(C)C)C(=O)CC(N)=O. The van der Waals surface area contributed by atoms with Crippen molar-refractivity contribution in [1.82, 2.24) is 14.7 Å². The van der Waals surface area contributed by atoms with Crippen LogP contribution in [0, 0.1) is 0 Å². The Labute approximate surface area is 116 Å². The lowest BCUT2D eigenvalue weighted by atomic mass is 10.2. The first-order valence-electron chi connectivity index (χ1n) is 6.68. The molecule has 19 heavy (non-hydrogen) atoms. The van der Waals surface area contributed by atoms with Crippen molar-refractivity contribution in [3.05, 3.63) is 0 Å². The topological polar surface area (TPSA) is 69.9 Å². The van der Waals surface area contributed by atoms with Crippen LogP contribution >= 0.6 is 0 Å². The molecule has 0 rings (SSSR count). The molecular weight excluding hydrogens is 244 g/mol. The standard InChI is InChI=1S/C13H28N4O2/c1-15(2)7-5-9-17(10-6-8-16(3)4)13(19)11-12(14)18/h5-11H2,1-4H3,(H2,14,18). The fraction of sp³-hybridized carbons (Fsp3) is 0.846. The van der Waals surface area contributed by atoms with Crippen LogP contribution in [-0.2, 0) is 9.59 Å². The molecule has 0 aliphatic rings. The summed E-state index contributed by atoms with van der Waals surface area (Å²) in [6, 6.07) is 0. The number of hydrogen-bond donors (Lipinski definition) is 1. The van der Waals surface area contributed by atoms with Gasteiger partial charge in [-0.3, -0.25) is 9.59 Å². The van der Waals surface area contributed by atoms with E-state index in [-0.39, 0.29) is 12.3 Å². The number of amides is 2. The fourth-order valence-electron chi connectivity index (χ4n) is 1.78. The van der Waals surface area contributed by atoms with Crippen LogP contribution < -0.4 is 5.73 Å². The largest absolute Gasteiger partial charge is 0.369 e. The van der Waals surface area contributed by atoms with Gasteiger partial charge in [0.05, 0.1) is 0 Å². The van der Waals surface area contributed by atoms with Gasteiger partial charge in [0.1, 0.15) is 6.42 Å². The third-order valence-electron chi connectivity index (χ3n) is 2.74. The Kier molecular flexibility index (Phi) is 9.16. The third-order valence-corrected chi connectivity index (χ3v) is 2.74. The second kappa shape index (κ2) is 9.75. The first kappa shape index (κ1) is 17.9. The molecule has 0 heterocycles. The summed E-state index contributed by atoms with van der Waals surface area (Å²) in [6.07, 6.45) is 1.61. The first-order valence-corrected chi connectivity index (χ1v) is 6.68. The predicted octanol–water partition coefficient (Wildman–Crippen LogP) is -0.406. The van der Waals surface area contributed by atoms with E-state index in [1.807, 2.05) is 28.2 Å². The van der Waals surface area contributed by atoms with Crippen molar-refractivity contribution in [2.45, 2.75) is 19.3 Å². The number of nitrogens with two attached hydrogens (primary N) is 1. The molecule has 0 aliphatic heterocycles. The number of carbonyl (C=O) groups is 2. The van der Waals surface area contributed by atoms with Crippen molar-refractivity contribution < 1.29 is 9.59 Å². The summed E-state index contributed by atoms with van der Waals surface area (Å²) in [5.74, 6) is -0.722. The zero-order valence-electron chi connectivity index (χ0n) is 12.7. The van der Waals surface area contributed by atoms with Gasteiger partial charge in [0, 0.05) is 13.1 Å². The predicted molar refractivity (Wildman–Crippen MR) is 76.7 cm³/mol. The zero-order chi connectivity index (χ0) is 14.8. The van der Waals surface area contributed by atoms with E-state index in [1.165, 1.54) is 0 Å². The van der Waals surface area contributed by atoms with Crippen molar-refractivity contribution in [3.8, 4) is 0 Å². The highest BCUT2D eigenvalue weighted by Crippen LogP contribution is 2.00. The lowest BCUT2D eigenvalue weighted by Crippen LogP contribution is -2.37. The van der Waals surface area contributed by atoms with Crippen LogP contribution in [0.2, 0.25) is 0 Å². The average molecular weight is 272 g/mol. The highest BCUT2D eigenvalue weighted by molar-refractivity contribution is 5.96. The van der Waals surface area contributed by atoms with Crippen molar-refractivity contribution in [1.29, 1.82) is 0 Å². The summed E-state index contributed by atoms with van der Waals surface area (Å²) in [6.45, 7) is 3.21. The van der Waals surface area contributed by atoms with E-state index in [0.717, 1.165) is 25.9 Å². The average Bonchev–Trinajstić information content (AvgIpc) is 2.25. The van der Waals surface area contributed by atoms with Crippen molar-refractivity contribution in [2.24, 2.45) is 5.73 Å². The maximum atomic E-state index is 11.9. The third kappa shape index (κ3) is 10.5. The van der Waals surface area contributed by atoms with Gasteiger partial charge in [-0.25, -0.2) is 0 Å². The summed E-state index contributed by atoms with van der Waals surface area (Å²) in [7, 11) is 8.01. The number of rotatable bonds is 10. The molecule has 0 saturated heterocycles. The second-order valence-electron chi connectivity index (χ2n) is 5.34. The Morgan fingerprint density at radius 1 is 0.842 bits per heavy atom. The number of primary amides is 1. The van der Waals surface area contributed by atoms with Crippen molar-refractivity contribution >= 4 is 11.8 Å². The second-order valence-corrected chi connectivity index (χ2v) is 5.34. The molecular formula is C13H28N4O2. The van der Waals surface area contributed by atoms with Gasteiger partial charge in [-0.1, -0.05) is 0 Å². The van der Waals surface area contributed by atoms with Crippen LogP contribution in [0.5, 0.6) is 0 Å². The van der Waals surface area contributed by atoms with Crippen LogP contribution in [0.4, 0.5) is 0 Å². The summed E-state index contributed by atoms with van der Waals surface area (Å²) in [4.78, 5) is 28.6. The molecule has 0 aromatic rings. The molecule has 0 aromatic carbocycles. The van der Waals surface area contributed by atoms with Gasteiger partial charge < -0.3 is 20.4 Å². The molecule has 2 N–H and O–H groups in total. The van der Waals surface area contributed by atoms with E-state index in [9.17, 15) is 9.59 Å². The van der Waals surface area contributed by atoms with Gasteiger partial charge in [0.25, 0.3) is 0 Å². The van der Waals surface area contributed by atoms with Gasteiger partial charge in [-0.15, -0.1) is 0 Å². The van der Waals surface area contributed by atoms with Crippen LogP contribution in [0.25, 0.3) is 0 Å². The van der Waals surface area contributed by atoms with Crippen LogP contribution in [0.15, 0.2) is 0 Å². The lowest BCUT2D eigenvalue weighted by Gasteiger charge is -2.24. The maximum Gasteiger partial charge on any atom is 0.231 e. The van der Waals surface area contributed by atoms with Gasteiger partial charge in [-0.2, -0.15) is 0 Å². The number of hydrogen-bond acceptors (Lipinski definition) is 4. The first-order chi connectivity index (χ1) is 8.82. The highest BCUT2D eigenvalue weighted by Gasteiger charge is 2.15. The van der Waals surface area contributed by atoms with E-state index >= 15 is 0 Å². The van der Waals surface area contributed by atoms with Gasteiger partial charge in [-0.05, 0) is 54.1 Å². The van der Waals surface area contributed by atoms with Crippen LogP contribution in [-0.4, -0.2) is 80.9 Å². The van der Waals surface area contributed by atoms with E-state index in [1.54, 1.807) is 4.90 Å². The summed E-state index contributed by atoms with van der Waals surface area (Å²) >= 11 is 0. The van der Waals surface area contributed by atoms with E-state index in [2.05, 4.69) is 9.80 Å². The molecule has 6 nitrogen and oxygen atoms in total. The Morgan fingerprint density at radius 3 is 1.58 bits per heavy atom. The summed E-state index contributed by atoms with van der Waals surface area (Å²) in [5, 5.41) is 0. The van der Waals surface area contributed by atoms with Gasteiger partial charge in [0.2, 0.25) is 11.8 Å². The normalized spacial score (nSPS) is 11.1. The minimum absolute atomic E-state index is 0.162. The Balaban J connectivity index is 4.20. The number of carbonyl (C=O) groups excluding carboxylic acids is 2. The molecule has 0 bridgehead atoms. The molecule has 0 radical (unpaired) electrons. The van der Waals surface area contributed by atoms with Crippen LogP contribution in [0.3, 0.4) is 0 Å². The van der Waals surface area contributed by atoms with Gasteiger partial charge >= 0.3 is 0 Å². The maximum absolute atomic E-state index is 11.9. The zero-order valence-corrected chi connectivity index (χ0v) is 12.7. The Hall–Kier alpha value is -1.14. The molecule has 112 valence electrons. The molecule has 6 heteroatoms. The monoisotopic (exact) mass is 272 g/mol. The smallest absolute Gasteiger partial charge is 0.231 e.